The van der Waals surface area contributed by atoms with Gasteiger partial charge in [-0.1, -0.05) is 18.2 Å². The SMILES string of the molecule is Cc1cc(-c2ccccc2C#N)nc2c(C(=O)N[C@@H](C)C(F)(F)F)cnn12. The third kappa shape index (κ3) is 3.46. The average Bonchev–Trinajstić information content (AvgIpc) is 3.05. The van der Waals surface area contributed by atoms with Gasteiger partial charge in [-0.2, -0.15) is 23.5 Å². The largest absolute Gasteiger partial charge is 0.408 e. The van der Waals surface area contributed by atoms with Crippen molar-refractivity contribution in [2.24, 2.45) is 0 Å². The van der Waals surface area contributed by atoms with E-state index in [4.69, 9.17) is 0 Å². The van der Waals surface area contributed by atoms with Crippen molar-refractivity contribution in [2.75, 3.05) is 0 Å². The van der Waals surface area contributed by atoms with Crippen LogP contribution in [-0.4, -0.2) is 32.7 Å². The predicted octanol–water partition coefficient (Wildman–Crippen LogP) is 3.26. The van der Waals surface area contributed by atoms with Gasteiger partial charge in [0.05, 0.1) is 23.5 Å². The fourth-order valence-corrected chi connectivity index (χ4v) is 2.57. The summed E-state index contributed by atoms with van der Waals surface area (Å²) in [4.78, 5) is 16.7. The summed E-state index contributed by atoms with van der Waals surface area (Å²) in [6.45, 7) is 2.58. The van der Waals surface area contributed by atoms with Crippen LogP contribution in [0.2, 0.25) is 0 Å². The molecule has 6 nitrogen and oxygen atoms in total. The smallest absolute Gasteiger partial charge is 0.340 e. The number of aryl methyl sites for hydroxylation is 1. The van der Waals surface area contributed by atoms with Gasteiger partial charge in [0.1, 0.15) is 11.6 Å². The van der Waals surface area contributed by atoms with Crippen LogP contribution in [0.3, 0.4) is 0 Å². The van der Waals surface area contributed by atoms with Gasteiger partial charge >= 0.3 is 6.18 Å². The molecule has 1 N–H and O–H groups in total. The molecule has 2 heterocycles. The highest BCUT2D eigenvalue weighted by atomic mass is 19.4. The zero-order valence-corrected chi connectivity index (χ0v) is 14.4. The van der Waals surface area contributed by atoms with Gasteiger partial charge in [-0.3, -0.25) is 4.79 Å². The molecule has 1 aromatic carbocycles. The Balaban J connectivity index is 2.09. The molecule has 9 heteroatoms. The van der Waals surface area contributed by atoms with Crippen LogP contribution in [0.5, 0.6) is 0 Å². The van der Waals surface area contributed by atoms with E-state index in [9.17, 15) is 23.2 Å². The molecule has 0 saturated heterocycles. The van der Waals surface area contributed by atoms with Crippen LogP contribution >= 0.6 is 0 Å². The van der Waals surface area contributed by atoms with E-state index in [-0.39, 0.29) is 11.2 Å². The third-order valence-corrected chi connectivity index (χ3v) is 4.06. The van der Waals surface area contributed by atoms with Crippen LogP contribution in [0.1, 0.15) is 28.5 Å². The van der Waals surface area contributed by atoms with Crippen molar-refractivity contribution in [3.63, 3.8) is 0 Å². The van der Waals surface area contributed by atoms with Gasteiger partial charge in [-0.25, -0.2) is 9.50 Å². The van der Waals surface area contributed by atoms with Crippen molar-refractivity contribution in [1.29, 1.82) is 5.26 Å². The Morgan fingerprint density at radius 2 is 2.04 bits per heavy atom. The molecule has 27 heavy (non-hydrogen) atoms. The Labute approximate surface area is 152 Å². The van der Waals surface area contributed by atoms with Crippen LogP contribution in [0.25, 0.3) is 16.9 Å². The highest BCUT2D eigenvalue weighted by Crippen LogP contribution is 2.25. The minimum absolute atomic E-state index is 0.0783. The molecular formula is C18H14F3N5O. The minimum Gasteiger partial charge on any atom is -0.340 e. The standard InChI is InChI=1S/C18H14F3N5O/c1-10-7-15(13-6-4-3-5-12(13)8-22)25-16-14(9-23-26(10)16)17(27)24-11(2)18(19,20)21/h3-7,9,11H,1-2H3,(H,24,27)/t11-/m0/s1. The van der Waals surface area contributed by atoms with E-state index < -0.39 is 18.1 Å². The maximum Gasteiger partial charge on any atom is 0.408 e. The first-order chi connectivity index (χ1) is 12.7. The van der Waals surface area contributed by atoms with Crippen LogP contribution in [0.4, 0.5) is 13.2 Å². The Hall–Kier alpha value is -3.41. The molecule has 0 aliphatic carbocycles. The van der Waals surface area contributed by atoms with Crippen molar-refractivity contribution in [2.45, 2.75) is 26.1 Å². The van der Waals surface area contributed by atoms with Crippen LogP contribution in [0.15, 0.2) is 36.5 Å². The first-order valence-electron chi connectivity index (χ1n) is 7.95. The maximum absolute atomic E-state index is 12.7. The number of benzene rings is 1. The Bertz CT molecular complexity index is 1070. The lowest BCUT2D eigenvalue weighted by Gasteiger charge is -2.16. The fraction of sp³-hybridized carbons (Fsp3) is 0.222. The predicted molar refractivity (Wildman–Crippen MR) is 90.9 cm³/mol. The summed E-state index contributed by atoms with van der Waals surface area (Å²) in [5.74, 6) is -0.924. The Kier molecular flexibility index (Phi) is 4.57. The normalized spacial score (nSPS) is 12.6. The molecule has 0 saturated carbocycles. The molecule has 0 aliphatic rings. The quantitative estimate of drug-likeness (QED) is 0.764. The topological polar surface area (TPSA) is 83.1 Å². The molecule has 0 unspecified atom stereocenters. The van der Waals surface area contributed by atoms with E-state index in [1.165, 1.54) is 10.7 Å². The molecule has 0 fully saturated rings. The molecule has 0 radical (unpaired) electrons. The van der Waals surface area contributed by atoms with Gasteiger partial charge < -0.3 is 5.32 Å². The first-order valence-corrected chi connectivity index (χ1v) is 7.95. The molecule has 0 aliphatic heterocycles. The number of nitriles is 1. The third-order valence-electron chi connectivity index (χ3n) is 4.06. The van der Waals surface area contributed by atoms with Gasteiger partial charge in [0.2, 0.25) is 0 Å². The summed E-state index contributed by atoms with van der Waals surface area (Å²) in [5, 5.41) is 15.2. The summed E-state index contributed by atoms with van der Waals surface area (Å²) >= 11 is 0. The fourth-order valence-electron chi connectivity index (χ4n) is 2.57. The van der Waals surface area contributed by atoms with E-state index in [2.05, 4.69) is 16.2 Å². The zero-order chi connectivity index (χ0) is 19.8. The molecule has 1 atom stereocenters. The number of carbonyl (C=O) groups is 1. The van der Waals surface area contributed by atoms with E-state index >= 15 is 0 Å². The summed E-state index contributed by atoms with van der Waals surface area (Å²) in [5.41, 5.74) is 2.03. The van der Waals surface area contributed by atoms with Crippen LogP contribution < -0.4 is 5.32 Å². The lowest BCUT2D eigenvalue weighted by Crippen LogP contribution is -2.43. The number of rotatable bonds is 3. The monoisotopic (exact) mass is 373 g/mol. The van der Waals surface area contributed by atoms with Crippen molar-refractivity contribution < 1.29 is 18.0 Å². The van der Waals surface area contributed by atoms with Gasteiger partial charge in [-0.05, 0) is 26.0 Å². The minimum atomic E-state index is -4.56. The van der Waals surface area contributed by atoms with Crippen molar-refractivity contribution in [3.8, 4) is 17.3 Å². The first kappa shape index (κ1) is 18.4. The number of amides is 1. The van der Waals surface area contributed by atoms with E-state index in [0.29, 0.717) is 22.5 Å². The Morgan fingerprint density at radius 3 is 2.70 bits per heavy atom. The molecule has 3 aromatic rings. The number of hydrogen-bond donors (Lipinski definition) is 1. The van der Waals surface area contributed by atoms with Gasteiger partial charge in [0.15, 0.2) is 5.65 Å². The van der Waals surface area contributed by atoms with Crippen molar-refractivity contribution >= 4 is 11.6 Å². The molecule has 3 rings (SSSR count). The molecule has 0 spiro atoms. The number of nitrogens with one attached hydrogen (secondary N) is 1. The second-order valence-corrected chi connectivity index (χ2v) is 5.97. The van der Waals surface area contributed by atoms with Gasteiger partial charge in [-0.15, -0.1) is 0 Å². The number of alkyl halides is 3. The Morgan fingerprint density at radius 1 is 1.33 bits per heavy atom. The summed E-state index contributed by atoms with van der Waals surface area (Å²) < 4.78 is 39.5. The highest BCUT2D eigenvalue weighted by Gasteiger charge is 2.37. The second kappa shape index (κ2) is 6.72. The van der Waals surface area contributed by atoms with Crippen molar-refractivity contribution in [1.82, 2.24) is 19.9 Å². The number of fused-ring (bicyclic) bond motifs is 1. The lowest BCUT2D eigenvalue weighted by atomic mass is 10.0. The van der Waals surface area contributed by atoms with E-state index in [1.807, 2.05) is 5.32 Å². The number of nitrogens with zero attached hydrogens (tertiary/aromatic N) is 4. The number of halogens is 3. The lowest BCUT2D eigenvalue weighted by molar-refractivity contribution is -0.149. The number of hydrogen-bond acceptors (Lipinski definition) is 4. The summed E-state index contributed by atoms with van der Waals surface area (Å²) in [6.07, 6.45) is -3.38. The number of aromatic nitrogens is 3. The summed E-state index contributed by atoms with van der Waals surface area (Å²) in [7, 11) is 0. The van der Waals surface area contributed by atoms with Crippen molar-refractivity contribution in [3.05, 3.63) is 53.3 Å². The highest BCUT2D eigenvalue weighted by molar-refractivity contribution is 6.00. The van der Waals surface area contributed by atoms with Gasteiger partial charge in [0.25, 0.3) is 5.91 Å². The summed E-state index contributed by atoms with van der Waals surface area (Å²) in [6, 6.07) is 8.54. The number of carbonyl (C=O) groups excluding carboxylic acids is 1. The van der Waals surface area contributed by atoms with Gasteiger partial charge in [0, 0.05) is 11.3 Å². The molecule has 138 valence electrons. The molecule has 1 amide bonds. The second-order valence-electron chi connectivity index (χ2n) is 5.97. The average molecular weight is 373 g/mol. The zero-order valence-electron chi connectivity index (χ0n) is 14.4. The van der Waals surface area contributed by atoms with E-state index in [1.54, 1.807) is 37.3 Å². The molecule has 2 aromatic heterocycles. The maximum atomic E-state index is 12.7. The van der Waals surface area contributed by atoms with Crippen LogP contribution in [0, 0.1) is 18.3 Å². The van der Waals surface area contributed by atoms with Crippen LogP contribution in [-0.2, 0) is 0 Å². The molecule has 0 bridgehead atoms. The molecular weight excluding hydrogens is 359 g/mol. The van der Waals surface area contributed by atoms with E-state index in [0.717, 1.165) is 6.92 Å².